The van der Waals surface area contributed by atoms with Gasteiger partial charge in [-0.15, -0.1) is 11.8 Å². The van der Waals surface area contributed by atoms with Crippen molar-refractivity contribution in [3.8, 4) is 0 Å². The van der Waals surface area contributed by atoms with E-state index in [4.69, 9.17) is 5.73 Å². The van der Waals surface area contributed by atoms with Crippen molar-refractivity contribution in [2.45, 2.75) is 44.6 Å². The van der Waals surface area contributed by atoms with Gasteiger partial charge in [0.2, 0.25) is 0 Å². The van der Waals surface area contributed by atoms with Gasteiger partial charge in [-0.2, -0.15) is 0 Å². The van der Waals surface area contributed by atoms with Crippen LogP contribution in [0, 0.1) is 6.92 Å². The summed E-state index contributed by atoms with van der Waals surface area (Å²) in [5, 5.41) is 0. The number of rotatable bonds is 6. The van der Waals surface area contributed by atoms with Crippen LogP contribution >= 0.6 is 11.8 Å². The molecule has 0 saturated heterocycles. The van der Waals surface area contributed by atoms with Gasteiger partial charge < -0.3 is 5.73 Å². The van der Waals surface area contributed by atoms with Gasteiger partial charge >= 0.3 is 0 Å². The summed E-state index contributed by atoms with van der Waals surface area (Å²) in [6.07, 6.45) is 3.96. The maximum atomic E-state index is 5.60. The molecule has 15 heavy (non-hydrogen) atoms. The highest BCUT2D eigenvalue weighted by Gasteiger charge is 1.99. The Balaban J connectivity index is 2.47. The monoisotopic (exact) mass is 223 g/mol. The lowest BCUT2D eigenvalue weighted by Crippen LogP contribution is -1.96. The smallest absolute Gasteiger partial charge is 0.0178 e. The summed E-state index contributed by atoms with van der Waals surface area (Å²) < 4.78 is 0. The predicted molar refractivity (Wildman–Crippen MR) is 69.3 cm³/mol. The molecule has 1 aromatic rings. The molecule has 1 nitrogen and oxygen atoms in total. The van der Waals surface area contributed by atoms with Crippen molar-refractivity contribution in [1.29, 1.82) is 0 Å². The van der Waals surface area contributed by atoms with Gasteiger partial charge in [0.1, 0.15) is 0 Å². The van der Waals surface area contributed by atoms with Crippen LogP contribution in [0.25, 0.3) is 0 Å². The highest BCUT2D eigenvalue weighted by Crippen LogP contribution is 2.24. The van der Waals surface area contributed by atoms with E-state index in [2.05, 4.69) is 32.0 Å². The van der Waals surface area contributed by atoms with E-state index < -0.39 is 0 Å². The molecule has 2 heteroatoms. The van der Waals surface area contributed by atoms with Crippen molar-refractivity contribution in [2.24, 2.45) is 5.73 Å². The molecule has 0 aromatic heterocycles. The van der Waals surface area contributed by atoms with Crippen LogP contribution in [0.1, 0.15) is 37.3 Å². The lowest BCUT2D eigenvalue weighted by molar-refractivity contribution is 0.778. The van der Waals surface area contributed by atoms with Crippen molar-refractivity contribution in [1.82, 2.24) is 0 Å². The fraction of sp³-hybridized carbons (Fsp3) is 0.538. The minimum atomic E-state index is 0.640. The Kier molecular flexibility index (Phi) is 5.81. The molecule has 0 radical (unpaired) electrons. The Morgan fingerprint density at radius 1 is 1.27 bits per heavy atom. The zero-order chi connectivity index (χ0) is 11.1. The highest BCUT2D eigenvalue weighted by atomic mass is 32.2. The molecule has 0 aliphatic carbocycles. The number of thioether (sulfide) groups is 1. The van der Waals surface area contributed by atoms with Gasteiger partial charge in [0.25, 0.3) is 0 Å². The summed E-state index contributed by atoms with van der Waals surface area (Å²) in [4.78, 5) is 1.41. The summed E-state index contributed by atoms with van der Waals surface area (Å²) >= 11 is 1.97. The van der Waals surface area contributed by atoms with E-state index in [0.29, 0.717) is 6.54 Å². The maximum absolute atomic E-state index is 5.60. The van der Waals surface area contributed by atoms with Crippen LogP contribution in [0.4, 0.5) is 0 Å². The third-order valence-corrected chi connectivity index (χ3v) is 3.74. The second kappa shape index (κ2) is 6.91. The van der Waals surface area contributed by atoms with E-state index in [1.54, 1.807) is 0 Å². The highest BCUT2D eigenvalue weighted by molar-refractivity contribution is 7.99. The SMILES string of the molecule is CCCCCSc1ccc(CN)cc1C. The number of hydrogen-bond donors (Lipinski definition) is 1. The lowest BCUT2D eigenvalue weighted by Gasteiger charge is -2.07. The molecule has 0 atom stereocenters. The quantitative estimate of drug-likeness (QED) is 0.587. The Labute approximate surface area is 97.4 Å². The van der Waals surface area contributed by atoms with E-state index in [9.17, 15) is 0 Å². The largest absolute Gasteiger partial charge is 0.326 e. The van der Waals surface area contributed by atoms with Crippen LogP contribution in [0.2, 0.25) is 0 Å². The van der Waals surface area contributed by atoms with E-state index in [-0.39, 0.29) is 0 Å². The maximum Gasteiger partial charge on any atom is 0.0178 e. The van der Waals surface area contributed by atoms with Crippen molar-refractivity contribution in [3.63, 3.8) is 0 Å². The molecule has 0 bridgehead atoms. The first-order chi connectivity index (χ1) is 7.27. The van der Waals surface area contributed by atoms with Crippen LogP contribution in [0.5, 0.6) is 0 Å². The van der Waals surface area contributed by atoms with Crippen molar-refractivity contribution in [2.75, 3.05) is 5.75 Å². The summed E-state index contributed by atoms with van der Waals surface area (Å²) in [5.74, 6) is 1.23. The Morgan fingerprint density at radius 3 is 2.67 bits per heavy atom. The number of benzene rings is 1. The third kappa shape index (κ3) is 4.27. The van der Waals surface area contributed by atoms with Crippen LogP contribution in [0.3, 0.4) is 0 Å². The molecule has 0 aliphatic rings. The second-order valence-electron chi connectivity index (χ2n) is 3.86. The normalized spacial score (nSPS) is 10.6. The summed E-state index contributed by atoms with van der Waals surface area (Å²) in [5.41, 5.74) is 8.19. The molecule has 0 spiro atoms. The van der Waals surface area contributed by atoms with Gasteiger partial charge in [-0.25, -0.2) is 0 Å². The first-order valence-electron chi connectivity index (χ1n) is 5.70. The standard InChI is InChI=1S/C13H21NS/c1-3-4-5-8-15-13-7-6-12(10-14)9-11(13)2/h6-7,9H,3-5,8,10,14H2,1-2H3. The van der Waals surface area contributed by atoms with E-state index in [0.717, 1.165) is 0 Å². The number of aryl methyl sites for hydroxylation is 1. The molecule has 0 aliphatic heterocycles. The van der Waals surface area contributed by atoms with E-state index in [1.165, 1.54) is 41.0 Å². The third-order valence-electron chi connectivity index (χ3n) is 2.48. The molecule has 1 rings (SSSR count). The first-order valence-corrected chi connectivity index (χ1v) is 6.69. The van der Waals surface area contributed by atoms with Gasteiger partial charge in [0.15, 0.2) is 0 Å². The van der Waals surface area contributed by atoms with E-state index in [1.807, 2.05) is 11.8 Å². The Morgan fingerprint density at radius 2 is 2.07 bits per heavy atom. The number of hydrogen-bond acceptors (Lipinski definition) is 2. The molecular weight excluding hydrogens is 202 g/mol. The zero-order valence-electron chi connectivity index (χ0n) is 9.75. The first kappa shape index (κ1) is 12.6. The molecule has 0 saturated carbocycles. The predicted octanol–water partition coefficient (Wildman–Crippen LogP) is 3.74. The van der Waals surface area contributed by atoms with Crippen LogP contribution in [-0.4, -0.2) is 5.75 Å². The average Bonchev–Trinajstić information content (AvgIpc) is 2.26. The molecule has 0 unspecified atom stereocenters. The minimum absolute atomic E-state index is 0.640. The van der Waals surface area contributed by atoms with Crippen LogP contribution in [-0.2, 0) is 6.54 Å². The second-order valence-corrected chi connectivity index (χ2v) is 5.00. The Bertz CT molecular complexity index is 297. The summed E-state index contributed by atoms with van der Waals surface area (Å²) in [7, 11) is 0. The van der Waals surface area contributed by atoms with Crippen molar-refractivity contribution < 1.29 is 0 Å². The zero-order valence-corrected chi connectivity index (χ0v) is 10.6. The van der Waals surface area contributed by atoms with Gasteiger partial charge in [0, 0.05) is 11.4 Å². The van der Waals surface area contributed by atoms with Crippen molar-refractivity contribution >= 4 is 11.8 Å². The van der Waals surface area contributed by atoms with Gasteiger partial charge in [-0.3, -0.25) is 0 Å². The lowest BCUT2D eigenvalue weighted by atomic mass is 10.1. The minimum Gasteiger partial charge on any atom is -0.326 e. The molecule has 84 valence electrons. The van der Waals surface area contributed by atoms with Crippen LogP contribution in [0.15, 0.2) is 23.1 Å². The fourth-order valence-corrected chi connectivity index (χ4v) is 2.55. The van der Waals surface area contributed by atoms with E-state index >= 15 is 0 Å². The van der Waals surface area contributed by atoms with Crippen LogP contribution < -0.4 is 5.73 Å². The topological polar surface area (TPSA) is 26.0 Å². The molecule has 1 aromatic carbocycles. The Hall–Kier alpha value is -0.470. The number of nitrogens with two attached hydrogens (primary N) is 1. The molecule has 0 heterocycles. The average molecular weight is 223 g/mol. The number of unbranched alkanes of at least 4 members (excludes halogenated alkanes) is 2. The fourth-order valence-electron chi connectivity index (χ4n) is 1.53. The summed E-state index contributed by atoms with van der Waals surface area (Å²) in [6.45, 7) is 5.05. The molecular formula is C13H21NS. The van der Waals surface area contributed by atoms with Gasteiger partial charge in [0.05, 0.1) is 0 Å². The molecule has 2 N–H and O–H groups in total. The van der Waals surface area contributed by atoms with Gasteiger partial charge in [-0.05, 0) is 36.3 Å². The molecule has 0 amide bonds. The molecule has 0 fully saturated rings. The summed E-state index contributed by atoms with van der Waals surface area (Å²) in [6, 6.07) is 6.53. The van der Waals surface area contributed by atoms with Crippen molar-refractivity contribution in [3.05, 3.63) is 29.3 Å². The van der Waals surface area contributed by atoms with Gasteiger partial charge in [-0.1, -0.05) is 31.9 Å².